The van der Waals surface area contributed by atoms with Gasteiger partial charge in [-0.3, -0.25) is 9.59 Å². The number of carbonyl (C=O) groups is 2. The van der Waals surface area contributed by atoms with Crippen LogP contribution in [0.25, 0.3) is 0 Å². The number of rotatable bonds is 5. The first-order chi connectivity index (χ1) is 10.2. The Morgan fingerprint density at radius 3 is 2.05 bits per heavy atom. The summed E-state index contributed by atoms with van der Waals surface area (Å²) in [6, 6.07) is 4.54. The summed E-state index contributed by atoms with van der Waals surface area (Å²) in [5, 5.41) is 33.5. The number of benzene rings is 1. The average molecular weight is 353 g/mol. The van der Waals surface area contributed by atoms with E-state index in [0.717, 1.165) is 37.3 Å². The molecule has 0 atom stereocenters. The molecule has 0 spiro atoms. The van der Waals surface area contributed by atoms with Crippen molar-refractivity contribution in [2.24, 2.45) is 0 Å². The van der Waals surface area contributed by atoms with Gasteiger partial charge < -0.3 is 20.4 Å². The Morgan fingerprint density at radius 2 is 1.59 bits per heavy atom. The number of thioether (sulfide) groups is 1. The minimum absolute atomic E-state index is 0.183. The lowest BCUT2D eigenvalue weighted by Crippen LogP contribution is -1.82. The van der Waals surface area contributed by atoms with Crippen molar-refractivity contribution in [3.05, 3.63) is 18.2 Å². The fraction of sp³-hybridized carbons (Fsp3) is 0.429. The highest BCUT2D eigenvalue weighted by atomic mass is 35.5. The lowest BCUT2D eigenvalue weighted by Gasteiger charge is -2.04. The molecule has 4 N–H and O–H groups in total. The third-order valence-corrected chi connectivity index (χ3v) is 3.13. The number of aromatic hydroxyl groups is 2. The van der Waals surface area contributed by atoms with E-state index in [4.69, 9.17) is 31.4 Å². The number of unbranched alkanes of at least 4 members (excludes halogenated alkanes) is 1. The summed E-state index contributed by atoms with van der Waals surface area (Å²) >= 11 is 7.07. The zero-order valence-electron chi connectivity index (χ0n) is 12.5. The summed E-state index contributed by atoms with van der Waals surface area (Å²) in [7, 11) is 0. The third-order valence-electron chi connectivity index (χ3n) is 1.73. The van der Waals surface area contributed by atoms with E-state index in [2.05, 4.69) is 0 Å². The van der Waals surface area contributed by atoms with Crippen molar-refractivity contribution < 1.29 is 30.0 Å². The lowest BCUT2D eigenvalue weighted by molar-refractivity contribution is -0.135. The Morgan fingerprint density at radius 1 is 1.09 bits per heavy atom. The second-order valence-electron chi connectivity index (χ2n) is 3.93. The van der Waals surface area contributed by atoms with Gasteiger partial charge in [-0.05, 0) is 36.8 Å². The second-order valence-corrected chi connectivity index (χ2v) is 5.45. The van der Waals surface area contributed by atoms with Gasteiger partial charge in [0.15, 0.2) is 0 Å². The third kappa shape index (κ3) is 18.4. The zero-order chi connectivity index (χ0) is 17.5. The first-order valence-electron chi connectivity index (χ1n) is 6.30. The fourth-order valence-corrected chi connectivity index (χ4v) is 2.17. The van der Waals surface area contributed by atoms with E-state index >= 15 is 0 Å². The van der Waals surface area contributed by atoms with Crippen molar-refractivity contribution in [3.63, 3.8) is 0 Å². The number of hydrogen-bond donors (Lipinski definition) is 4. The van der Waals surface area contributed by atoms with Crippen LogP contribution in [0, 0.1) is 0 Å². The van der Waals surface area contributed by atoms with E-state index in [1.807, 2.05) is 0 Å². The molecule has 0 heterocycles. The molecule has 0 amide bonds. The second kappa shape index (κ2) is 14.3. The fourth-order valence-electron chi connectivity index (χ4n) is 0.997. The highest BCUT2D eigenvalue weighted by Crippen LogP contribution is 2.31. The van der Waals surface area contributed by atoms with Crippen molar-refractivity contribution in [2.75, 3.05) is 11.6 Å². The molecule has 0 aliphatic heterocycles. The first kappa shape index (κ1) is 22.7. The van der Waals surface area contributed by atoms with Crippen LogP contribution in [0.3, 0.4) is 0 Å². The van der Waals surface area contributed by atoms with E-state index in [0.29, 0.717) is 5.88 Å². The number of hydrogen-bond acceptors (Lipinski definition) is 5. The smallest absolute Gasteiger partial charge is 0.300 e. The molecule has 6 nitrogen and oxygen atoms in total. The lowest BCUT2D eigenvalue weighted by atomic mass is 10.3. The monoisotopic (exact) mass is 352 g/mol. The van der Waals surface area contributed by atoms with Gasteiger partial charge in [-0.25, -0.2) is 0 Å². The maximum atomic E-state index is 9.43. The molecule has 0 saturated carbocycles. The summed E-state index contributed by atoms with van der Waals surface area (Å²) in [5.74, 6) is 0.317. The number of carboxylic acid groups (broad SMARTS) is 2. The molecule has 0 unspecified atom stereocenters. The van der Waals surface area contributed by atoms with Crippen LogP contribution in [-0.2, 0) is 9.59 Å². The van der Waals surface area contributed by atoms with Crippen LogP contribution in [0.5, 0.6) is 11.5 Å². The van der Waals surface area contributed by atoms with Gasteiger partial charge in [-0.1, -0.05) is 0 Å². The van der Waals surface area contributed by atoms with E-state index in [1.165, 1.54) is 23.9 Å². The summed E-state index contributed by atoms with van der Waals surface area (Å²) in [4.78, 5) is 18.7. The number of carboxylic acids is 2. The van der Waals surface area contributed by atoms with Gasteiger partial charge in [0.05, 0.1) is 4.90 Å². The first-order valence-corrected chi connectivity index (χ1v) is 7.82. The Balaban J connectivity index is 0. The molecule has 0 fully saturated rings. The normalized spacial score (nSPS) is 8.86. The number of aliphatic carboxylic acids is 2. The van der Waals surface area contributed by atoms with Gasteiger partial charge in [0, 0.05) is 19.7 Å². The molecule has 8 heteroatoms. The summed E-state index contributed by atoms with van der Waals surface area (Å²) < 4.78 is 0. The molecular weight excluding hydrogens is 332 g/mol. The molecule has 0 radical (unpaired) electrons. The van der Waals surface area contributed by atoms with Crippen molar-refractivity contribution in [3.8, 4) is 11.5 Å². The van der Waals surface area contributed by atoms with Crippen LogP contribution >= 0.6 is 23.4 Å². The minimum atomic E-state index is -0.833. The van der Waals surface area contributed by atoms with Crippen LogP contribution in [0.1, 0.15) is 26.7 Å². The van der Waals surface area contributed by atoms with Crippen LogP contribution in [0.2, 0.25) is 0 Å². The van der Waals surface area contributed by atoms with Crippen LogP contribution in [0.4, 0.5) is 0 Å². The van der Waals surface area contributed by atoms with Crippen LogP contribution in [0.15, 0.2) is 23.1 Å². The highest BCUT2D eigenvalue weighted by Gasteiger charge is 2.02. The largest absolute Gasteiger partial charge is 0.508 e. The summed E-state index contributed by atoms with van der Waals surface area (Å²) in [5.41, 5.74) is 0. The van der Waals surface area contributed by atoms with Gasteiger partial charge >= 0.3 is 0 Å². The Hall–Kier alpha value is -1.60. The number of alkyl halides is 1. The predicted octanol–water partition coefficient (Wildman–Crippen LogP) is 3.39. The van der Waals surface area contributed by atoms with Gasteiger partial charge in [-0.15, -0.1) is 23.4 Å². The molecule has 1 rings (SSSR count). The maximum absolute atomic E-state index is 9.43. The Kier molecular flexibility index (Phi) is 14.8. The molecule has 0 bridgehead atoms. The molecule has 0 saturated heterocycles. The number of phenolic OH excluding ortho intramolecular Hbond substituents is 2. The van der Waals surface area contributed by atoms with E-state index in [-0.39, 0.29) is 11.5 Å². The molecule has 1 aromatic carbocycles. The van der Waals surface area contributed by atoms with Gasteiger partial charge in [-0.2, -0.15) is 0 Å². The average Bonchev–Trinajstić information content (AvgIpc) is 2.37. The van der Waals surface area contributed by atoms with Crippen LogP contribution < -0.4 is 0 Å². The van der Waals surface area contributed by atoms with Gasteiger partial charge in [0.2, 0.25) is 0 Å². The van der Waals surface area contributed by atoms with Crippen molar-refractivity contribution in [1.82, 2.24) is 0 Å². The van der Waals surface area contributed by atoms with Crippen molar-refractivity contribution >= 4 is 35.3 Å². The van der Waals surface area contributed by atoms with Crippen molar-refractivity contribution in [1.29, 1.82) is 0 Å². The molecule has 22 heavy (non-hydrogen) atoms. The molecule has 0 aliphatic carbocycles. The summed E-state index contributed by atoms with van der Waals surface area (Å²) in [6.07, 6.45) is 2.00. The van der Waals surface area contributed by atoms with Crippen molar-refractivity contribution in [2.45, 2.75) is 31.6 Å². The standard InChI is InChI=1S/C10H13ClO2S.2C2H4O2/c11-5-1-2-6-14-10-7-8(12)3-4-9(10)13;2*1-2(3)4/h3-4,7,12-13H,1-2,5-6H2;2*1H3,(H,3,4). The Labute approximate surface area is 138 Å². The molecule has 0 aromatic heterocycles. The highest BCUT2D eigenvalue weighted by molar-refractivity contribution is 7.99. The quantitative estimate of drug-likeness (QED) is 0.278. The molecule has 0 aliphatic rings. The molecular formula is C14H21ClO6S. The van der Waals surface area contributed by atoms with E-state index < -0.39 is 11.9 Å². The van der Waals surface area contributed by atoms with Crippen LogP contribution in [-0.4, -0.2) is 44.0 Å². The minimum Gasteiger partial charge on any atom is -0.508 e. The number of halogens is 1. The molecule has 1 aromatic rings. The summed E-state index contributed by atoms with van der Waals surface area (Å²) in [6.45, 7) is 2.17. The Bertz CT molecular complexity index is 433. The topological polar surface area (TPSA) is 115 Å². The predicted molar refractivity (Wildman–Crippen MR) is 87.1 cm³/mol. The molecule has 126 valence electrons. The number of phenols is 2. The SMILES string of the molecule is CC(=O)O.CC(=O)O.Oc1ccc(O)c(SCCCCCl)c1. The maximum Gasteiger partial charge on any atom is 0.300 e. The van der Waals surface area contributed by atoms with E-state index in [9.17, 15) is 10.2 Å². The van der Waals surface area contributed by atoms with Gasteiger partial charge in [0.1, 0.15) is 11.5 Å². The zero-order valence-corrected chi connectivity index (χ0v) is 14.0. The van der Waals surface area contributed by atoms with E-state index in [1.54, 1.807) is 6.07 Å². The van der Waals surface area contributed by atoms with Gasteiger partial charge in [0.25, 0.3) is 11.9 Å².